The summed E-state index contributed by atoms with van der Waals surface area (Å²) in [5.74, 6) is 4.03. The van der Waals surface area contributed by atoms with Crippen LogP contribution in [0.2, 0.25) is 0 Å². The number of carbonyl (C=O) groups is 1. The molecule has 0 saturated carbocycles. The standard InChI is InChI=1S/C28H35N7O2S.C27H34N6O4/c1-4-29-11-6-12-37-22-8-5-7-20(15-22)27-32-25(16-26(33-27)34(2)21-9-13-36-14-10-21)24-18-35(38-3)28-23(24)17-30-19-31-28;1-28-16-21(34)17-37-22-6-4-5-19(13-22)26-31-23(18-7-10-30-24(14-18)27(35)29-2)15-25(32-26)33(3)20-8-11-36-12-9-20/h5,7-8,15-19,21,29H,4,6,9-14H2,1-3H3;4-7,10,13-15,20-21,28,34H,8-9,11-12,16-17H2,1-3H3,(H,29,35). The van der Waals surface area contributed by atoms with E-state index >= 15 is 0 Å². The summed E-state index contributed by atoms with van der Waals surface area (Å²) in [5.41, 5.74) is 6.16. The van der Waals surface area contributed by atoms with Gasteiger partial charge in [-0.1, -0.05) is 31.2 Å². The van der Waals surface area contributed by atoms with E-state index in [9.17, 15) is 9.90 Å². The van der Waals surface area contributed by atoms with Crippen LogP contribution in [0.1, 0.15) is 49.5 Å². The average Bonchev–Trinajstić information content (AvgIpc) is 3.85. The van der Waals surface area contributed by atoms with Crippen LogP contribution < -0.4 is 35.2 Å². The molecule has 2 aliphatic heterocycles. The molecule has 0 spiro atoms. The van der Waals surface area contributed by atoms with Gasteiger partial charge in [-0.2, -0.15) is 0 Å². The lowest BCUT2D eigenvalue weighted by molar-refractivity contribution is 0.0852. The molecule has 0 aliphatic carbocycles. The lowest BCUT2D eigenvalue weighted by Gasteiger charge is -2.32. The van der Waals surface area contributed by atoms with Crippen LogP contribution in [-0.2, 0) is 9.47 Å². The number of aliphatic hydroxyl groups excluding tert-OH is 1. The maximum absolute atomic E-state index is 12.2. The van der Waals surface area contributed by atoms with Crippen LogP contribution in [0.4, 0.5) is 11.6 Å². The van der Waals surface area contributed by atoms with Gasteiger partial charge in [-0.15, -0.1) is 0 Å². The molecule has 1 amide bonds. The van der Waals surface area contributed by atoms with Crippen molar-refractivity contribution in [2.24, 2.45) is 0 Å². The fourth-order valence-corrected chi connectivity index (χ4v) is 9.45. The third kappa shape index (κ3) is 14.3. The van der Waals surface area contributed by atoms with Gasteiger partial charge in [-0.05, 0) is 101 Å². The van der Waals surface area contributed by atoms with Gasteiger partial charge in [0.15, 0.2) is 17.3 Å². The van der Waals surface area contributed by atoms with E-state index in [1.165, 1.54) is 0 Å². The van der Waals surface area contributed by atoms with Gasteiger partial charge in [-0.3, -0.25) is 13.8 Å². The molecule has 0 radical (unpaired) electrons. The van der Waals surface area contributed by atoms with Gasteiger partial charge in [0.25, 0.3) is 5.91 Å². The molecule has 2 aromatic carbocycles. The highest BCUT2D eigenvalue weighted by Crippen LogP contribution is 2.35. The molecule has 2 saturated heterocycles. The van der Waals surface area contributed by atoms with Crippen molar-refractivity contribution in [3.63, 3.8) is 0 Å². The zero-order chi connectivity index (χ0) is 52.5. The van der Waals surface area contributed by atoms with Crippen molar-refractivity contribution >= 4 is 40.5 Å². The fourth-order valence-electron chi connectivity index (χ4n) is 8.92. The Morgan fingerprint density at radius 1 is 0.813 bits per heavy atom. The molecule has 75 heavy (non-hydrogen) atoms. The molecule has 2 aliphatic rings. The van der Waals surface area contributed by atoms with Gasteiger partial charge < -0.3 is 49.8 Å². The van der Waals surface area contributed by atoms with Crippen molar-refractivity contribution in [1.82, 2.24) is 54.8 Å². The van der Waals surface area contributed by atoms with Crippen molar-refractivity contribution in [2.45, 2.75) is 57.2 Å². The highest BCUT2D eigenvalue weighted by atomic mass is 32.2. The summed E-state index contributed by atoms with van der Waals surface area (Å²) in [4.78, 5) is 49.5. The third-order valence-electron chi connectivity index (χ3n) is 13.1. The normalized spacial score (nSPS) is 14.4. The number of ether oxygens (including phenoxy) is 4. The number of likely N-dealkylation sites (N-methyl/N-ethyl adjacent to an activating group) is 1. The smallest absolute Gasteiger partial charge is 0.269 e. The topological polar surface area (TPSA) is 212 Å². The first-order valence-corrected chi connectivity index (χ1v) is 26.8. The molecule has 396 valence electrons. The van der Waals surface area contributed by atoms with Gasteiger partial charge in [0.2, 0.25) is 0 Å². The zero-order valence-electron chi connectivity index (χ0n) is 43.7. The van der Waals surface area contributed by atoms with E-state index in [1.54, 1.807) is 44.6 Å². The number of fused-ring (bicyclic) bond motifs is 1. The Labute approximate surface area is 443 Å². The summed E-state index contributed by atoms with van der Waals surface area (Å²) < 4.78 is 25.0. The molecule has 0 bridgehead atoms. The predicted molar refractivity (Wildman–Crippen MR) is 296 cm³/mol. The second kappa shape index (κ2) is 27.1. The number of amides is 1. The summed E-state index contributed by atoms with van der Waals surface area (Å²) in [6, 6.07) is 23.8. The third-order valence-corrected chi connectivity index (χ3v) is 13.8. The largest absolute Gasteiger partial charge is 0.494 e. The molecule has 7 heterocycles. The lowest BCUT2D eigenvalue weighted by Crippen LogP contribution is -2.37. The first kappa shape index (κ1) is 54.5. The number of hydrogen-bond donors (Lipinski definition) is 4. The van der Waals surface area contributed by atoms with Crippen LogP contribution in [0, 0.1) is 0 Å². The van der Waals surface area contributed by atoms with Crippen LogP contribution in [0.25, 0.3) is 56.3 Å². The molecule has 1 atom stereocenters. The predicted octanol–water partition coefficient (Wildman–Crippen LogP) is 6.81. The molecule has 1 unspecified atom stereocenters. The second-order valence-corrected chi connectivity index (χ2v) is 19.0. The summed E-state index contributed by atoms with van der Waals surface area (Å²) >= 11 is 1.60. The second-order valence-electron chi connectivity index (χ2n) is 18.2. The van der Waals surface area contributed by atoms with Crippen molar-refractivity contribution in [3.05, 3.63) is 103 Å². The molecule has 4 N–H and O–H groups in total. The minimum atomic E-state index is -0.617. The molecule has 7 aromatic rings. The highest BCUT2D eigenvalue weighted by molar-refractivity contribution is 7.97. The molecular formula is C55H69N13O6S. The van der Waals surface area contributed by atoms with Crippen molar-refractivity contribution in [1.29, 1.82) is 0 Å². The minimum absolute atomic E-state index is 0.169. The van der Waals surface area contributed by atoms with Gasteiger partial charge in [-0.25, -0.2) is 29.9 Å². The Bertz CT molecular complexity index is 2950. The summed E-state index contributed by atoms with van der Waals surface area (Å²) in [5, 5.41) is 19.8. The van der Waals surface area contributed by atoms with E-state index in [2.05, 4.69) is 70.9 Å². The maximum atomic E-state index is 12.2. The molecule has 2 fully saturated rings. The number of carbonyl (C=O) groups excluding carboxylic acids is 1. The molecule has 20 heteroatoms. The van der Waals surface area contributed by atoms with Crippen molar-refractivity contribution in [2.75, 3.05) is 104 Å². The molecule has 9 rings (SSSR count). The lowest BCUT2D eigenvalue weighted by atomic mass is 10.1. The van der Waals surface area contributed by atoms with E-state index in [0.29, 0.717) is 54.0 Å². The summed E-state index contributed by atoms with van der Waals surface area (Å²) in [7, 11) is 7.51. The number of pyridine rings is 1. The van der Waals surface area contributed by atoms with Crippen LogP contribution in [0.5, 0.6) is 11.5 Å². The molecular weight excluding hydrogens is 971 g/mol. The Balaban J connectivity index is 0.000000199. The van der Waals surface area contributed by atoms with E-state index in [1.807, 2.05) is 80.2 Å². The Kier molecular flexibility index (Phi) is 19.7. The fraction of sp³-hybridized carbons (Fsp3) is 0.418. The van der Waals surface area contributed by atoms with Gasteiger partial charge in [0, 0.05) is 131 Å². The van der Waals surface area contributed by atoms with E-state index in [-0.39, 0.29) is 12.5 Å². The van der Waals surface area contributed by atoms with E-state index < -0.39 is 6.10 Å². The Morgan fingerprint density at radius 3 is 2.05 bits per heavy atom. The monoisotopic (exact) mass is 1040 g/mol. The number of aliphatic hydroxyl groups is 1. The minimum Gasteiger partial charge on any atom is -0.494 e. The van der Waals surface area contributed by atoms with E-state index in [0.717, 1.165) is 128 Å². The summed E-state index contributed by atoms with van der Waals surface area (Å²) in [6.45, 7) is 8.26. The number of hydrogen-bond acceptors (Lipinski definition) is 18. The molecule has 5 aromatic heterocycles. The summed E-state index contributed by atoms with van der Waals surface area (Å²) in [6.07, 6.45) is 13.3. The highest BCUT2D eigenvalue weighted by Gasteiger charge is 2.25. The zero-order valence-corrected chi connectivity index (χ0v) is 44.6. The Morgan fingerprint density at radius 2 is 1.44 bits per heavy atom. The Hall–Kier alpha value is -6.81. The quantitative estimate of drug-likeness (QED) is 0.0544. The van der Waals surface area contributed by atoms with Crippen molar-refractivity contribution < 1.29 is 28.8 Å². The maximum Gasteiger partial charge on any atom is 0.269 e. The number of nitrogens with one attached hydrogen (secondary N) is 3. The number of aromatic nitrogens is 8. The number of benzene rings is 2. The first-order chi connectivity index (χ1) is 36.7. The molecule has 19 nitrogen and oxygen atoms in total. The van der Waals surface area contributed by atoms with Crippen LogP contribution in [0.3, 0.4) is 0 Å². The number of rotatable bonds is 21. The van der Waals surface area contributed by atoms with Crippen molar-refractivity contribution in [3.8, 4) is 56.8 Å². The number of anilines is 2. The number of nitrogens with zero attached hydrogens (tertiary/aromatic N) is 10. The van der Waals surface area contributed by atoms with Gasteiger partial charge in [0.1, 0.15) is 47.9 Å². The SMILES string of the molecule is CCNCCCOc1cccc(-c2nc(-c3cn(SC)c4ncncc34)cc(N(C)C3CCOCC3)n2)c1.CNCC(O)COc1cccc(-c2nc(-c3ccnc(C(=O)NC)c3)cc(N(C)C3CCOCC3)n2)c1. The van der Waals surface area contributed by atoms with Crippen LogP contribution in [0.15, 0.2) is 97.7 Å². The van der Waals surface area contributed by atoms with Crippen LogP contribution >= 0.6 is 11.9 Å². The van der Waals surface area contributed by atoms with E-state index in [4.69, 9.17) is 38.9 Å². The van der Waals surface area contributed by atoms with Gasteiger partial charge in [0.05, 0.1) is 18.0 Å². The van der Waals surface area contributed by atoms with Gasteiger partial charge >= 0.3 is 0 Å². The van der Waals surface area contributed by atoms with Crippen LogP contribution in [-0.4, -0.2) is 162 Å². The average molecular weight is 1040 g/mol. The first-order valence-electron chi connectivity index (χ1n) is 25.6.